The Bertz CT molecular complexity index is 838. The predicted molar refractivity (Wildman–Crippen MR) is 108 cm³/mol. The zero-order valence-electron chi connectivity index (χ0n) is 17.7. The normalized spacial score (nSPS) is 33.2. The van der Waals surface area contributed by atoms with Gasteiger partial charge in [0, 0.05) is 5.56 Å². The van der Waals surface area contributed by atoms with Crippen LogP contribution in [0.1, 0.15) is 38.2 Å². The third-order valence-electron chi connectivity index (χ3n) is 7.44. The van der Waals surface area contributed by atoms with E-state index in [-0.39, 0.29) is 17.9 Å². The third-order valence-corrected chi connectivity index (χ3v) is 7.44. The van der Waals surface area contributed by atoms with Gasteiger partial charge >= 0.3 is 6.03 Å². The molecule has 8 heteroatoms. The van der Waals surface area contributed by atoms with Crippen molar-refractivity contribution in [2.24, 2.45) is 5.92 Å². The van der Waals surface area contributed by atoms with Crippen LogP contribution in [-0.4, -0.2) is 62.0 Å². The lowest BCUT2D eigenvalue weighted by Gasteiger charge is -2.37. The summed E-state index contributed by atoms with van der Waals surface area (Å²) in [6.07, 6.45) is 3.94. The molecule has 0 unspecified atom stereocenters. The van der Waals surface area contributed by atoms with Crippen molar-refractivity contribution in [2.45, 2.75) is 44.7 Å². The number of imide groups is 1. The van der Waals surface area contributed by atoms with E-state index in [1.165, 1.54) is 20.3 Å². The number of nitrogens with zero attached hydrogens (tertiary/aromatic N) is 1. The van der Waals surface area contributed by atoms with Gasteiger partial charge in [-0.3, -0.25) is 4.79 Å². The Balaban J connectivity index is 1.15. The molecule has 1 saturated carbocycles. The predicted octanol–water partition coefficient (Wildman–Crippen LogP) is -0.843. The van der Waals surface area contributed by atoms with E-state index in [1.807, 2.05) is 6.07 Å². The van der Waals surface area contributed by atoms with Crippen molar-refractivity contribution in [3.63, 3.8) is 0 Å². The topological polar surface area (TPSA) is 76.8 Å². The highest BCUT2D eigenvalue weighted by Crippen LogP contribution is 2.37. The number of carbonyl (C=O) groups is 2. The highest BCUT2D eigenvalue weighted by atomic mass is 16.7. The van der Waals surface area contributed by atoms with Crippen LogP contribution < -0.4 is 24.6 Å². The molecule has 5 rings (SSSR count). The van der Waals surface area contributed by atoms with E-state index in [4.69, 9.17) is 9.47 Å². The van der Waals surface area contributed by atoms with Crippen molar-refractivity contribution < 1.29 is 28.9 Å². The monoisotopic (exact) mass is 416 g/mol. The number of amides is 3. The number of nitrogens with one attached hydrogen (secondary N) is 3. The lowest BCUT2D eigenvalue weighted by molar-refractivity contribution is -1.02. The molecule has 0 bridgehead atoms. The van der Waals surface area contributed by atoms with Crippen molar-refractivity contribution >= 4 is 11.9 Å². The molecule has 3 heterocycles. The molecule has 0 aromatic heterocycles. The van der Waals surface area contributed by atoms with Crippen LogP contribution in [-0.2, 0) is 11.3 Å². The van der Waals surface area contributed by atoms with E-state index in [1.54, 1.807) is 0 Å². The van der Waals surface area contributed by atoms with Gasteiger partial charge in [0.1, 0.15) is 38.3 Å². The summed E-state index contributed by atoms with van der Waals surface area (Å²) in [5, 5.41) is 3.07. The lowest BCUT2D eigenvalue weighted by Crippen LogP contribution is -3.28. The smallest absolute Gasteiger partial charge is 0.329 e. The van der Waals surface area contributed by atoms with Crippen LogP contribution >= 0.6 is 0 Å². The molecule has 30 heavy (non-hydrogen) atoms. The fourth-order valence-corrected chi connectivity index (χ4v) is 5.49. The van der Waals surface area contributed by atoms with E-state index in [0.717, 1.165) is 69.9 Å². The second kappa shape index (κ2) is 7.74. The second-order valence-electron chi connectivity index (χ2n) is 9.30. The summed E-state index contributed by atoms with van der Waals surface area (Å²) in [6, 6.07) is 5.97. The summed E-state index contributed by atoms with van der Waals surface area (Å²) >= 11 is 0. The minimum Gasteiger partial charge on any atom is -0.454 e. The molecular weight excluding hydrogens is 384 g/mol. The van der Waals surface area contributed by atoms with E-state index >= 15 is 0 Å². The van der Waals surface area contributed by atoms with Crippen molar-refractivity contribution in [3.8, 4) is 11.5 Å². The first-order valence-corrected chi connectivity index (χ1v) is 11.2. The van der Waals surface area contributed by atoms with Gasteiger partial charge in [-0.2, -0.15) is 0 Å². The molecular formula is C22H32N4O4+2. The van der Waals surface area contributed by atoms with Crippen molar-refractivity contribution in [2.75, 3.05) is 39.6 Å². The van der Waals surface area contributed by atoms with Crippen molar-refractivity contribution in [1.82, 2.24) is 10.2 Å². The minimum atomic E-state index is -0.652. The molecule has 2 atom stereocenters. The summed E-state index contributed by atoms with van der Waals surface area (Å²) in [7, 11) is 0. The number of rotatable bonds is 4. The van der Waals surface area contributed by atoms with Gasteiger partial charge in [-0.1, -0.05) is 19.8 Å². The average molecular weight is 417 g/mol. The first-order chi connectivity index (χ1) is 14.5. The second-order valence-corrected chi connectivity index (χ2v) is 9.30. The van der Waals surface area contributed by atoms with Crippen LogP contribution in [0.25, 0.3) is 0 Å². The number of piperazine rings is 1. The molecule has 0 radical (unpaired) electrons. The molecule has 4 aliphatic rings. The molecule has 1 aromatic carbocycles. The van der Waals surface area contributed by atoms with Gasteiger partial charge < -0.3 is 24.6 Å². The molecule has 2 saturated heterocycles. The maximum absolute atomic E-state index is 13.2. The lowest BCUT2D eigenvalue weighted by atomic mass is 9.73. The molecule has 3 fully saturated rings. The maximum Gasteiger partial charge on any atom is 0.329 e. The van der Waals surface area contributed by atoms with Gasteiger partial charge in [-0.25, -0.2) is 9.69 Å². The van der Waals surface area contributed by atoms with Crippen LogP contribution in [0.15, 0.2) is 18.2 Å². The van der Waals surface area contributed by atoms with Crippen molar-refractivity contribution in [3.05, 3.63) is 23.8 Å². The number of benzene rings is 1. The summed E-state index contributed by atoms with van der Waals surface area (Å²) in [4.78, 5) is 30.1. The molecule has 1 aromatic rings. The molecule has 1 aliphatic carbocycles. The standard InChI is InChI=1S/C22H30N4O4/c1-16-4-2-3-7-22(16)20(27)26(21(28)23-22)14-25-10-8-24(9-11-25)13-17-5-6-18-19(12-17)30-15-29-18/h5-6,12,16H,2-4,7-11,13-15H2,1H3,(H,23,28)/p+2/t16-,22-/m1/s1. The Hall–Kier alpha value is -2.32. The van der Waals surface area contributed by atoms with E-state index in [9.17, 15) is 9.59 Å². The van der Waals surface area contributed by atoms with Gasteiger partial charge in [0.25, 0.3) is 5.91 Å². The molecule has 3 N–H and O–H groups in total. The Morgan fingerprint density at radius 1 is 1.10 bits per heavy atom. The highest BCUT2D eigenvalue weighted by molar-refractivity contribution is 6.07. The summed E-state index contributed by atoms with van der Waals surface area (Å²) in [5.74, 6) is 1.87. The minimum absolute atomic E-state index is 0.00216. The van der Waals surface area contributed by atoms with E-state index in [2.05, 4.69) is 24.4 Å². The zero-order chi connectivity index (χ0) is 20.7. The maximum atomic E-state index is 13.2. The largest absolute Gasteiger partial charge is 0.454 e. The number of carbonyl (C=O) groups excluding carboxylic acids is 2. The molecule has 3 amide bonds. The molecule has 162 valence electrons. The van der Waals surface area contributed by atoms with E-state index < -0.39 is 5.54 Å². The van der Waals surface area contributed by atoms with Gasteiger partial charge in [0.05, 0.1) is 0 Å². The Morgan fingerprint density at radius 3 is 2.67 bits per heavy atom. The molecule has 8 nitrogen and oxygen atoms in total. The average Bonchev–Trinajstić information content (AvgIpc) is 3.30. The zero-order valence-corrected chi connectivity index (χ0v) is 17.7. The summed E-state index contributed by atoms with van der Waals surface area (Å²) in [6.45, 7) is 7.80. The first-order valence-electron chi connectivity index (χ1n) is 11.2. The summed E-state index contributed by atoms with van der Waals surface area (Å²) < 4.78 is 10.9. The van der Waals surface area contributed by atoms with Gasteiger partial charge in [0.2, 0.25) is 6.79 Å². The number of urea groups is 1. The van der Waals surface area contributed by atoms with Crippen LogP contribution in [0, 0.1) is 5.92 Å². The fraction of sp³-hybridized carbons (Fsp3) is 0.636. The van der Waals surface area contributed by atoms with Gasteiger partial charge in [-0.15, -0.1) is 0 Å². The van der Waals surface area contributed by atoms with E-state index in [0.29, 0.717) is 13.5 Å². The van der Waals surface area contributed by atoms with Gasteiger partial charge in [-0.05, 0) is 37.0 Å². The van der Waals surface area contributed by atoms with Crippen molar-refractivity contribution in [1.29, 1.82) is 0 Å². The highest BCUT2D eigenvalue weighted by Gasteiger charge is 2.55. The quantitative estimate of drug-likeness (QED) is 0.560. The number of hydrogen-bond donors (Lipinski definition) is 3. The number of hydrogen-bond acceptors (Lipinski definition) is 4. The SMILES string of the molecule is C[C@@H]1CCCC[C@@]12NC(=O)N(C[NH+]1CC[NH+](Cc3ccc4c(c3)OCO4)CC1)C2=O. The van der Waals surface area contributed by atoms with Crippen LogP contribution in [0.5, 0.6) is 11.5 Å². The van der Waals surface area contributed by atoms with Crippen LogP contribution in [0.3, 0.4) is 0 Å². The fourth-order valence-electron chi connectivity index (χ4n) is 5.49. The number of quaternary nitrogens is 2. The Morgan fingerprint density at radius 2 is 1.87 bits per heavy atom. The number of fused-ring (bicyclic) bond motifs is 1. The first kappa shape index (κ1) is 19.6. The summed E-state index contributed by atoms with van der Waals surface area (Å²) in [5.41, 5.74) is 0.598. The van der Waals surface area contributed by atoms with Gasteiger partial charge in [0.15, 0.2) is 18.2 Å². The molecule has 1 spiro atoms. The van der Waals surface area contributed by atoms with Crippen LogP contribution in [0.2, 0.25) is 0 Å². The third kappa shape index (κ3) is 3.41. The number of ether oxygens (including phenoxy) is 2. The van der Waals surface area contributed by atoms with Crippen LogP contribution in [0.4, 0.5) is 4.79 Å². The Labute approximate surface area is 177 Å². The Kier molecular flexibility index (Phi) is 5.06. The molecule has 3 aliphatic heterocycles.